The highest BCUT2D eigenvalue weighted by molar-refractivity contribution is 5.96. The van der Waals surface area contributed by atoms with E-state index in [4.69, 9.17) is 9.84 Å². The molecule has 1 aliphatic rings. The Kier molecular flexibility index (Phi) is 6.14. The number of nitrogens with one attached hydrogen (secondary N) is 1. The number of aliphatic carboxylic acids is 1. The summed E-state index contributed by atoms with van der Waals surface area (Å²) in [6, 6.07) is 4.94. The second-order valence-corrected chi connectivity index (χ2v) is 6.37. The van der Waals surface area contributed by atoms with Crippen molar-refractivity contribution in [3.05, 3.63) is 34.9 Å². The van der Waals surface area contributed by atoms with Gasteiger partial charge >= 0.3 is 5.97 Å². The summed E-state index contributed by atoms with van der Waals surface area (Å²) >= 11 is 0. The highest BCUT2D eigenvalue weighted by Crippen LogP contribution is 2.22. The molecule has 2 atom stereocenters. The summed E-state index contributed by atoms with van der Waals surface area (Å²) in [6.07, 6.45) is 0.180. The maximum atomic E-state index is 12.4. The number of likely N-dealkylation sites (tertiary alicyclic amines) is 1. The van der Waals surface area contributed by atoms with Crippen molar-refractivity contribution in [1.82, 2.24) is 10.2 Å². The number of methoxy groups -OCH3 is 1. The number of hydrogen-bond acceptors (Lipinski definition) is 4. The van der Waals surface area contributed by atoms with E-state index in [2.05, 4.69) is 5.32 Å². The molecule has 1 aliphatic heterocycles. The van der Waals surface area contributed by atoms with E-state index in [1.165, 1.54) is 12.0 Å². The van der Waals surface area contributed by atoms with Crippen molar-refractivity contribution in [2.75, 3.05) is 20.2 Å². The fourth-order valence-corrected chi connectivity index (χ4v) is 2.99. The van der Waals surface area contributed by atoms with Crippen LogP contribution < -0.4 is 5.32 Å². The Labute approximate surface area is 147 Å². The molecular formula is C18H24N2O5. The van der Waals surface area contributed by atoms with Gasteiger partial charge in [0.05, 0.1) is 19.1 Å². The molecule has 2 unspecified atom stereocenters. The zero-order valence-electron chi connectivity index (χ0n) is 14.7. The molecule has 25 heavy (non-hydrogen) atoms. The number of amides is 2. The van der Waals surface area contributed by atoms with Crippen LogP contribution in [0.25, 0.3) is 0 Å². The van der Waals surface area contributed by atoms with E-state index in [9.17, 15) is 14.4 Å². The molecule has 0 aromatic heterocycles. The minimum atomic E-state index is -0.960. The van der Waals surface area contributed by atoms with Gasteiger partial charge in [-0.1, -0.05) is 6.07 Å². The molecule has 2 rings (SSSR count). The molecule has 1 fully saturated rings. The van der Waals surface area contributed by atoms with Gasteiger partial charge in [0, 0.05) is 25.3 Å². The standard InChI is InChI=1S/C18H24N2O5/c1-11-4-5-13(6-12(11)2)18(24)19-9-16(21)20-10-15(25-3)7-14(20)8-17(22)23/h4-6,14-15H,7-10H2,1-3H3,(H,19,24)(H,22,23). The first-order chi connectivity index (χ1) is 11.8. The Bertz CT molecular complexity index is 673. The largest absolute Gasteiger partial charge is 0.481 e. The lowest BCUT2D eigenvalue weighted by molar-refractivity contribution is -0.139. The van der Waals surface area contributed by atoms with Gasteiger partial charge in [0.25, 0.3) is 5.91 Å². The van der Waals surface area contributed by atoms with Gasteiger partial charge in [-0.15, -0.1) is 0 Å². The van der Waals surface area contributed by atoms with Crippen LogP contribution in [0.3, 0.4) is 0 Å². The molecule has 7 heteroatoms. The zero-order valence-corrected chi connectivity index (χ0v) is 14.7. The minimum absolute atomic E-state index is 0.128. The monoisotopic (exact) mass is 348 g/mol. The van der Waals surface area contributed by atoms with Gasteiger partial charge in [-0.05, 0) is 43.5 Å². The van der Waals surface area contributed by atoms with E-state index in [1.54, 1.807) is 12.1 Å². The number of rotatable bonds is 6. The number of carboxylic acids is 1. The Hall–Kier alpha value is -2.41. The molecule has 7 nitrogen and oxygen atoms in total. The smallest absolute Gasteiger partial charge is 0.305 e. The molecule has 2 amide bonds. The van der Waals surface area contributed by atoms with Crippen molar-refractivity contribution in [1.29, 1.82) is 0 Å². The third-order valence-electron chi connectivity index (χ3n) is 4.61. The maximum Gasteiger partial charge on any atom is 0.305 e. The Morgan fingerprint density at radius 2 is 2.00 bits per heavy atom. The van der Waals surface area contributed by atoms with Crippen LogP contribution in [0.15, 0.2) is 18.2 Å². The Morgan fingerprint density at radius 1 is 1.28 bits per heavy atom. The molecule has 1 saturated heterocycles. The van der Waals surface area contributed by atoms with Crippen molar-refractivity contribution in [2.45, 2.75) is 38.8 Å². The molecule has 1 heterocycles. The van der Waals surface area contributed by atoms with E-state index in [0.717, 1.165) is 11.1 Å². The van der Waals surface area contributed by atoms with Gasteiger partial charge in [0.1, 0.15) is 0 Å². The topological polar surface area (TPSA) is 95.9 Å². The highest BCUT2D eigenvalue weighted by Gasteiger charge is 2.36. The Balaban J connectivity index is 1.96. The first kappa shape index (κ1) is 18.9. The molecule has 1 aromatic carbocycles. The molecule has 0 aliphatic carbocycles. The summed E-state index contributed by atoms with van der Waals surface area (Å²) in [5.41, 5.74) is 2.59. The fourth-order valence-electron chi connectivity index (χ4n) is 2.99. The summed E-state index contributed by atoms with van der Waals surface area (Å²) < 4.78 is 5.25. The number of aryl methyl sites for hydroxylation is 2. The lowest BCUT2D eigenvalue weighted by Gasteiger charge is -2.23. The highest BCUT2D eigenvalue weighted by atomic mass is 16.5. The predicted molar refractivity (Wildman–Crippen MR) is 91.4 cm³/mol. The molecule has 0 spiro atoms. The van der Waals surface area contributed by atoms with Crippen molar-refractivity contribution in [3.63, 3.8) is 0 Å². The molecule has 0 saturated carbocycles. The normalized spacial score (nSPS) is 19.7. The number of benzene rings is 1. The van der Waals surface area contributed by atoms with E-state index < -0.39 is 12.0 Å². The van der Waals surface area contributed by atoms with Crippen LogP contribution in [-0.4, -0.2) is 60.1 Å². The van der Waals surface area contributed by atoms with Crippen LogP contribution in [0.4, 0.5) is 0 Å². The van der Waals surface area contributed by atoms with Gasteiger partial charge in [-0.25, -0.2) is 0 Å². The van der Waals surface area contributed by atoms with Crippen molar-refractivity contribution < 1.29 is 24.2 Å². The summed E-state index contributed by atoms with van der Waals surface area (Å²) in [6.45, 7) is 4.05. The van der Waals surface area contributed by atoms with Crippen molar-refractivity contribution in [3.8, 4) is 0 Å². The zero-order chi connectivity index (χ0) is 18.6. The van der Waals surface area contributed by atoms with E-state index >= 15 is 0 Å². The molecule has 2 N–H and O–H groups in total. The fraction of sp³-hybridized carbons (Fsp3) is 0.500. The number of nitrogens with zero attached hydrogens (tertiary/aromatic N) is 1. The van der Waals surface area contributed by atoms with Crippen molar-refractivity contribution in [2.24, 2.45) is 0 Å². The van der Waals surface area contributed by atoms with Crippen LogP contribution in [0.1, 0.15) is 34.3 Å². The maximum absolute atomic E-state index is 12.4. The van der Waals surface area contributed by atoms with Crippen LogP contribution in [-0.2, 0) is 14.3 Å². The van der Waals surface area contributed by atoms with E-state index in [-0.39, 0.29) is 30.9 Å². The quantitative estimate of drug-likeness (QED) is 0.803. The van der Waals surface area contributed by atoms with Gasteiger partial charge in [0.15, 0.2) is 0 Å². The number of carbonyl (C=O) groups excluding carboxylic acids is 2. The van der Waals surface area contributed by atoms with Crippen LogP contribution in [0.2, 0.25) is 0 Å². The van der Waals surface area contributed by atoms with E-state index in [0.29, 0.717) is 18.5 Å². The van der Waals surface area contributed by atoms with Gasteiger partial charge < -0.3 is 20.1 Å². The molecule has 1 aromatic rings. The number of carboxylic acid groups (broad SMARTS) is 1. The van der Waals surface area contributed by atoms with Gasteiger partial charge in [0.2, 0.25) is 5.91 Å². The number of hydrogen-bond donors (Lipinski definition) is 2. The number of carbonyl (C=O) groups is 3. The van der Waals surface area contributed by atoms with Crippen LogP contribution in [0.5, 0.6) is 0 Å². The summed E-state index contributed by atoms with van der Waals surface area (Å²) in [4.78, 5) is 37.1. The van der Waals surface area contributed by atoms with Gasteiger partial charge in [-0.2, -0.15) is 0 Å². The second-order valence-electron chi connectivity index (χ2n) is 6.37. The predicted octanol–water partition coefficient (Wildman–Crippen LogP) is 1.12. The summed E-state index contributed by atoms with van der Waals surface area (Å²) in [5.74, 6) is -1.59. The summed E-state index contributed by atoms with van der Waals surface area (Å²) in [7, 11) is 1.54. The molecular weight excluding hydrogens is 324 g/mol. The summed E-state index contributed by atoms with van der Waals surface area (Å²) in [5, 5.41) is 11.6. The molecule has 136 valence electrons. The van der Waals surface area contributed by atoms with Crippen molar-refractivity contribution >= 4 is 17.8 Å². The number of ether oxygens (including phenoxy) is 1. The van der Waals surface area contributed by atoms with Crippen LogP contribution >= 0.6 is 0 Å². The Morgan fingerprint density at radius 3 is 2.60 bits per heavy atom. The lowest BCUT2D eigenvalue weighted by atomic mass is 10.1. The second kappa shape index (κ2) is 8.11. The molecule has 0 radical (unpaired) electrons. The van der Waals surface area contributed by atoms with E-state index in [1.807, 2.05) is 19.9 Å². The average Bonchev–Trinajstić information content (AvgIpc) is 2.97. The SMILES string of the molecule is COC1CC(CC(=O)O)N(C(=O)CNC(=O)c2ccc(C)c(C)c2)C1. The molecule has 0 bridgehead atoms. The lowest BCUT2D eigenvalue weighted by Crippen LogP contribution is -2.43. The average molecular weight is 348 g/mol. The van der Waals surface area contributed by atoms with Gasteiger partial charge in [-0.3, -0.25) is 14.4 Å². The minimum Gasteiger partial charge on any atom is -0.481 e. The first-order valence-corrected chi connectivity index (χ1v) is 8.21. The van der Waals surface area contributed by atoms with Crippen LogP contribution in [0, 0.1) is 13.8 Å². The first-order valence-electron chi connectivity index (χ1n) is 8.21. The third kappa shape index (κ3) is 4.79. The third-order valence-corrected chi connectivity index (χ3v) is 4.61.